The molecule has 224 valence electrons. The summed E-state index contributed by atoms with van der Waals surface area (Å²) in [5.41, 5.74) is 11.3. The molecule has 1 aromatic heterocycles. The summed E-state index contributed by atoms with van der Waals surface area (Å²) in [6.07, 6.45) is 0. The first-order valence-corrected chi connectivity index (χ1v) is 16.9. The van der Waals surface area contributed by atoms with Gasteiger partial charge in [-0.15, -0.1) is 0 Å². The monoisotopic (exact) mass is 630 g/mol. The lowest BCUT2D eigenvalue weighted by atomic mass is 9.98. The molecular formula is C43H26N4S. The molecule has 0 radical (unpaired) electrons. The predicted octanol–water partition coefficient (Wildman–Crippen LogP) is 11.6. The zero-order valence-electron chi connectivity index (χ0n) is 25.7. The summed E-state index contributed by atoms with van der Waals surface area (Å²) in [6.45, 7) is 0. The van der Waals surface area contributed by atoms with Gasteiger partial charge in [0.05, 0.1) is 11.4 Å². The van der Waals surface area contributed by atoms with Crippen LogP contribution in [0, 0.1) is 0 Å². The molecule has 0 fully saturated rings. The molecule has 2 aliphatic rings. The van der Waals surface area contributed by atoms with Crippen LogP contribution in [0.25, 0.3) is 67.2 Å². The third-order valence-electron chi connectivity index (χ3n) is 9.19. The molecule has 0 amide bonds. The van der Waals surface area contributed by atoms with Crippen molar-refractivity contribution in [3.05, 3.63) is 158 Å². The van der Waals surface area contributed by atoms with Crippen molar-refractivity contribution in [1.82, 2.24) is 15.0 Å². The number of fused-ring (bicyclic) bond motifs is 5. The minimum absolute atomic E-state index is 0.655. The zero-order chi connectivity index (χ0) is 31.6. The number of hydrogen-bond acceptors (Lipinski definition) is 5. The van der Waals surface area contributed by atoms with Gasteiger partial charge in [-0.1, -0.05) is 121 Å². The number of para-hydroxylation sites is 2. The highest BCUT2D eigenvalue weighted by molar-refractivity contribution is 7.99. The molecule has 10 rings (SSSR count). The normalized spacial score (nSPS) is 12.5. The molecule has 0 unspecified atom stereocenters. The Morgan fingerprint density at radius 3 is 1.46 bits per heavy atom. The van der Waals surface area contributed by atoms with Crippen LogP contribution in [0.3, 0.4) is 0 Å². The Bertz CT molecular complexity index is 2440. The lowest BCUT2D eigenvalue weighted by molar-refractivity contribution is 1.07. The fourth-order valence-corrected chi connectivity index (χ4v) is 8.11. The Balaban J connectivity index is 1.23. The third kappa shape index (κ3) is 4.29. The van der Waals surface area contributed by atoms with Gasteiger partial charge >= 0.3 is 0 Å². The third-order valence-corrected chi connectivity index (χ3v) is 10.3. The zero-order valence-corrected chi connectivity index (χ0v) is 26.5. The van der Waals surface area contributed by atoms with E-state index >= 15 is 0 Å². The second-order valence-electron chi connectivity index (χ2n) is 12.1. The SMILES string of the molecule is c1ccc(-c2nc(-c3ccccc3)nc(-c3cc4c5c(cc(N6c7ccccc7Sc7ccccc76)cc5c3)-c3ccccc3-4)n2)cc1. The first-order valence-electron chi connectivity index (χ1n) is 16.0. The van der Waals surface area contributed by atoms with Crippen LogP contribution in [0.15, 0.2) is 168 Å². The summed E-state index contributed by atoms with van der Waals surface area (Å²) in [7, 11) is 0. The van der Waals surface area contributed by atoms with Gasteiger partial charge in [-0.2, -0.15) is 0 Å². The van der Waals surface area contributed by atoms with Crippen molar-refractivity contribution in [3.63, 3.8) is 0 Å². The standard InChI is InChI=1S/C43H26N4S/c1-3-13-27(14-4-1)41-44-42(28-15-5-2-6-16-28)46-43(45-41)30-23-29-24-31(26-35-33-18-8-7-17-32(33)34(25-30)40(29)35)47-36-19-9-11-21-38(36)48-39-22-12-10-20-37(39)47/h1-26H. The average Bonchev–Trinajstić information content (AvgIpc) is 3.48. The number of anilines is 3. The van der Waals surface area contributed by atoms with Crippen LogP contribution in [-0.4, -0.2) is 15.0 Å². The van der Waals surface area contributed by atoms with E-state index in [-0.39, 0.29) is 0 Å². The summed E-state index contributed by atoms with van der Waals surface area (Å²) in [4.78, 5) is 20.0. The van der Waals surface area contributed by atoms with Gasteiger partial charge < -0.3 is 4.90 Å². The van der Waals surface area contributed by atoms with E-state index in [0.29, 0.717) is 17.5 Å². The smallest absolute Gasteiger partial charge is 0.164 e. The lowest BCUT2D eigenvalue weighted by Gasteiger charge is -2.33. The van der Waals surface area contributed by atoms with Crippen LogP contribution in [0.1, 0.15) is 0 Å². The molecule has 0 saturated carbocycles. The minimum Gasteiger partial charge on any atom is -0.308 e. The largest absolute Gasteiger partial charge is 0.308 e. The number of rotatable bonds is 4. The Morgan fingerprint density at radius 1 is 0.396 bits per heavy atom. The quantitative estimate of drug-likeness (QED) is 0.194. The summed E-state index contributed by atoms with van der Waals surface area (Å²) < 4.78 is 0. The van der Waals surface area contributed by atoms with E-state index in [1.807, 2.05) is 48.2 Å². The average molecular weight is 631 g/mol. The van der Waals surface area contributed by atoms with Crippen LogP contribution in [0.5, 0.6) is 0 Å². The van der Waals surface area contributed by atoms with E-state index < -0.39 is 0 Å². The first kappa shape index (κ1) is 27.1. The Morgan fingerprint density at radius 2 is 0.875 bits per heavy atom. The van der Waals surface area contributed by atoms with Gasteiger partial charge in [0.1, 0.15) is 0 Å². The number of benzene rings is 7. The molecular weight excluding hydrogens is 605 g/mol. The molecule has 1 aliphatic carbocycles. The van der Waals surface area contributed by atoms with E-state index in [0.717, 1.165) is 27.8 Å². The van der Waals surface area contributed by atoms with Crippen molar-refractivity contribution in [2.75, 3.05) is 4.90 Å². The molecule has 48 heavy (non-hydrogen) atoms. The summed E-state index contributed by atoms with van der Waals surface area (Å²) in [5, 5.41) is 2.42. The molecule has 4 nitrogen and oxygen atoms in total. The van der Waals surface area contributed by atoms with Crippen LogP contribution in [0.4, 0.5) is 17.1 Å². The molecule has 0 N–H and O–H groups in total. The molecule has 1 aliphatic heterocycles. The van der Waals surface area contributed by atoms with Crippen molar-refractivity contribution in [2.24, 2.45) is 0 Å². The van der Waals surface area contributed by atoms with Gasteiger partial charge in [0.15, 0.2) is 17.5 Å². The summed E-state index contributed by atoms with van der Waals surface area (Å²) >= 11 is 1.83. The Kier molecular flexibility index (Phi) is 6.08. The molecule has 7 aromatic carbocycles. The van der Waals surface area contributed by atoms with Crippen LogP contribution < -0.4 is 4.90 Å². The number of hydrogen-bond donors (Lipinski definition) is 0. The molecule has 5 heteroatoms. The highest BCUT2D eigenvalue weighted by atomic mass is 32.2. The molecule has 0 spiro atoms. The van der Waals surface area contributed by atoms with E-state index in [4.69, 9.17) is 15.0 Å². The van der Waals surface area contributed by atoms with Crippen LogP contribution in [0.2, 0.25) is 0 Å². The fraction of sp³-hybridized carbons (Fsp3) is 0. The van der Waals surface area contributed by atoms with E-state index in [9.17, 15) is 0 Å². The van der Waals surface area contributed by atoms with Gasteiger partial charge in [0.2, 0.25) is 0 Å². The topological polar surface area (TPSA) is 41.9 Å². The van der Waals surface area contributed by atoms with Gasteiger partial charge in [0.25, 0.3) is 0 Å². The van der Waals surface area contributed by atoms with Gasteiger partial charge in [-0.05, 0) is 81.6 Å². The summed E-state index contributed by atoms with van der Waals surface area (Å²) in [6, 6.07) is 55.6. The molecule has 8 aromatic rings. The Hall–Kier alpha value is -6.04. The van der Waals surface area contributed by atoms with Crippen molar-refractivity contribution >= 4 is 39.6 Å². The van der Waals surface area contributed by atoms with E-state index in [1.54, 1.807) is 0 Å². The van der Waals surface area contributed by atoms with Crippen LogP contribution >= 0.6 is 11.8 Å². The molecule has 0 atom stereocenters. The van der Waals surface area contributed by atoms with Gasteiger partial charge in [-0.3, -0.25) is 0 Å². The van der Waals surface area contributed by atoms with Gasteiger partial charge in [-0.25, -0.2) is 15.0 Å². The van der Waals surface area contributed by atoms with E-state index in [1.165, 1.54) is 48.8 Å². The molecule has 0 saturated heterocycles. The summed E-state index contributed by atoms with van der Waals surface area (Å²) in [5.74, 6) is 1.97. The van der Waals surface area contributed by atoms with Crippen molar-refractivity contribution in [2.45, 2.75) is 9.79 Å². The first-order chi connectivity index (χ1) is 23.8. The van der Waals surface area contributed by atoms with Crippen molar-refractivity contribution in [3.8, 4) is 56.4 Å². The second-order valence-corrected chi connectivity index (χ2v) is 13.2. The lowest BCUT2D eigenvalue weighted by Crippen LogP contribution is -2.14. The van der Waals surface area contributed by atoms with Crippen LogP contribution in [-0.2, 0) is 0 Å². The number of aromatic nitrogens is 3. The minimum atomic E-state index is 0.655. The Labute approximate surface area is 282 Å². The highest BCUT2D eigenvalue weighted by Gasteiger charge is 2.28. The molecule has 0 bridgehead atoms. The maximum Gasteiger partial charge on any atom is 0.164 e. The fourth-order valence-electron chi connectivity index (χ4n) is 7.06. The maximum atomic E-state index is 5.09. The highest BCUT2D eigenvalue weighted by Crippen LogP contribution is 2.55. The molecule has 2 heterocycles. The van der Waals surface area contributed by atoms with Gasteiger partial charge in [0, 0.05) is 32.2 Å². The van der Waals surface area contributed by atoms with Crippen molar-refractivity contribution < 1.29 is 0 Å². The number of nitrogens with zero attached hydrogens (tertiary/aromatic N) is 4. The predicted molar refractivity (Wildman–Crippen MR) is 197 cm³/mol. The maximum absolute atomic E-state index is 5.09. The van der Waals surface area contributed by atoms with E-state index in [2.05, 4.69) is 126 Å². The van der Waals surface area contributed by atoms with Crippen molar-refractivity contribution in [1.29, 1.82) is 0 Å². The second kappa shape index (κ2) is 10.8.